The number of pyridine rings is 10. The Kier molecular flexibility index (Phi) is 15.9. The van der Waals surface area contributed by atoms with Crippen molar-refractivity contribution < 1.29 is 69.6 Å². The highest BCUT2D eigenvalue weighted by molar-refractivity contribution is 6.10. The van der Waals surface area contributed by atoms with Gasteiger partial charge in [0.2, 0.25) is 34.2 Å². The molecule has 0 bridgehead atoms. The van der Waals surface area contributed by atoms with Gasteiger partial charge in [-0.1, -0.05) is 53.5 Å². The monoisotopic (exact) mass is 1560 g/mol. The van der Waals surface area contributed by atoms with E-state index in [-0.39, 0.29) is 27.8 Å². The Bertz CT molecular complexity index is 7900. The quantitative estimate of drug-likeness (QED) is 0.135. The molecule has 117 heavy (non-hydrogen) atoms. The van der Waals surface area contributed by atoms with E-state index in [0.29, 0.717) is 38.9 Å². The minimum atomic E-state index is -3.18. The van der Waals surface area contributed by atoms with Crippen molar-refractivity contribution in [2.75, 3.05) is 0 Å². The summed E-state index contributed by atoms with van der Waals surface area (Å²) in [6, 6.07) is 57.8. The molecule has 582 valence electrons. The molecular formula is C102H99N10O5+5. The van der Waals surface area contributed by atoms with Crippen molar-refractivity contribution in [3.05, 3.63) is 299 Å². The molecule has 20 aromatic rings. The van der Waals surface area contributed by atoms with Gasteiger partial charge in [-0.15, -0.1) is 0 Å². The number of aromatic nitrogens is 10. The molecule has 0 amide bonds. The van der Waals surface area contributed by atoms with Crippen molar-refractivity contribution in [1.82, 2.24) is 24.9 Å². The topological polar surface area (TPSA) is 150 Å². The first-order valence-corrected chi connectivity index (χ1v) is 38.3. The molecule has 5 aromatic carbocycles. The maximum atomic E-state index is 8.83. The van der Waals surface area contributed by atoms with Gasteiger partial charge in [-0.25, -0.2) is 37.8 Å². The molecule has 0 spiro atoms. The van der Waals surface area contributed by atoms with E-state index < -0.39 is 57.6 Å². The Hall–Kier alpha value is -13.4. The van der Waals surface area contributed by atoms with Gasteiger partial charge in [-0.2, -0.15) is 0 Å². The zero-order valence-electron chi connectivity index (χ0n) is 85.5. The molecule has 0 aliphatic carbocycles. The Labute approximate surface area is 706 Å². The standard InChI is InChI=1S/3C22H23N2O.2C18H15N2O/c1-13(2)18-7-9-20-22(23-18)17-10-15(4)16(11-21(17)25-20)19-8-6-14(3)12-24(19)5;1-13(2)22-21-17-10-15(4)16(18-7-6-14(3)12-24(18)5)11-20(17)25-19(21)8-9-23-22;1-13(2)19-20(17-11-10-14(3)12-24(17)5)15(4)23-21-16-8-6-7-9-18(16)25-22(19)21;1-12-10-17-15(13-6-5-8-19-18(13)21-17)11-14(12)16-7-3-4-9-20(16)2;1-12-9-17-15(13-6-7-19-11-18(13)21-17)10-14(12)16-5-3-4-8-20(16)2/h3*6-13H,1-5H3;2*3-11H,1-2H3/q5*+1/i1D3,3D3,13D;1D3,2D3,3D3,13D;13D;;. The van der Waals surface area contributed by atoms with Gasteiger partial charge in [0.25, 0.3) is 0 Å². The van der Waals surface area contributed by atoms with Gasteiger partial charge in [-0.3, -0.25) is 9.97 Å². The summed E-state index contributed by atoms with van der Waals surface area (Å²) in [6.45, 7) is 3.92. The lowest BCUT2D eigenvalue weighted by Gasteiger charge is -2.14. The minimum absolute atomic E-state index is 0.154. The first-order valence-electron chi connectivity index (χ1n) is 47.3. The number of aryl methyl sites for hydroxylation is 13. The van der Waals surface area contributed by atoms with E-state index in [0.717, 1.165) is 116 Å². The molecule has 1 atom stereocenters. The largest absolute Gasteiger partial charge is 0.456 e. The SMILES string of the molecule is Cc1cc2oc3cnccc3c2cc1-c1cccc[n+]1C.Cc1cc2oc3ncccc3c2cc1-c1cccc[n+]1C.[2H]C(C)(C)c1c(-c2ccc(C)c[n+]2C)c(C)nc2c1oc1ccccc12.[2H]C([2H])([2H])c1ccc(-c2cc3oc4ccc(C([2H])(C)C([2H])([2H])[2H])nc4c3cc2C)[n+](C)c1.[2H]C([2H])([2H])c1ccc(-c2cc3oc4ccnc(C([2H])(C([2H])([2H])[2H])C([2H])([2H])[2H])c4c3cc2C)[n+](C)c1. The molecule has 0 saturated carbocycles. The average molecular weight is 1560 g/mol. The van der Waals surface area contributed by atoms with Crippen LogP contribution in [-0.2, 0) is 35.2 Å². The molecule has 0 saturated heterocycles. The molecule has 15 aromatic heterocycles. The predicted molar refractivity (Wildman–Crippen MR) is 471 cm³/mol. The second-order valence-electron chi connectivity index (χ2n) is 30.0. The first kappa shape index (κ1) is 58.4. The lowest BCUT2D eigenvalue weighted by Crippen LogP contribution is -2.31. The van der Waals surface area contributed by atoms with Crippen LogP contribution in [0.5, 0.6) is 0 Å². The van der Waals surface area contributed by atoms with Crippen LogP contribution < -0.4 is 22.8 Å². The fourth-order valence-corrected chi connectivity index (χ4v) is 15.7. The second kappa shape index (κ2) is 31.8. The average Bonchev–Trinajstić information content (AvgIpc) is 1.65. The summed E-state index contributed by atoms with van der Waals surface area (Å²) in [7, 11) is 9.69. The highest BCUT2D eigenvalue weighted by Crippen LogP contribution is 2.42. The maximum Gasteiger partial charge on any atom is 0.227 e. The fourth-order valence-electron chi connectivity index (χ4n) is 15.7. The van der Waals surface area contributed by atoms with Crippen molar-refractivity contribution in [2.45, 2.75) is 114 Å². The van der Waals surface area contributed by atoms with Gasteiger partial charge >= 0.3 is 0 Å². The van der Waals surface area contributed by atoms with Crippen molar-refractivity contribution in [1.29, 1.82) is 0 Å². The summed E-state index contributed by atoms with van der Waals surface area (Å²) < 4.78 is 181. The first-order chi connectivity index (χ1) is 63.4. The summed E-state index contributed by atoms with van der Waals surface area (Å²) in [5.74, 6) is -5.65. The van der Waals surface area contributed by atoms with Crippen LogP contribution in [0, 0.1) is 55.2 Å². The van der Waals surface area contributed by atoms with Crippen molar-refractivity contribution in [3.63, 3.8) is 0 Å². The fraction of sp³-hybridized carbons (Fsp3) is 0.216. The molecule has 15 heterocycles. The van der Waals surface area contributed by atoms with Crippen LogP contribution in [0.1, 0.15) is 145 Å². The summed E-state index contributed by atoms with van der Waals surface area (Å²) in [6.07, 6.45) is 15.9. The molecule has 0 aliphatic rings. The number of hydrogen-bond donors (Lipinski definition) is 0. The van der Waals surface area contributed by atoms with Crippen LogP contribution in [0.3, 0.4) is 0 Å². The summed E-state index contributed by atoms with van der Waals surface area (Å²) in [4.78, 5) is 21.9. The zero-order chi connectivity index (χ0) is 97.2. The van der Waals surface area contributed by atoms with Crippen molar-refractivity contribution in [3.8, 4) is 56.3 Å². The van der Waals surface area contributed by atoms with E-state index in [2.05, 4.69) is 154 Å². The Morgan fingerprint density at radius 3 is 1.56 bits per heavy atom. The van der Waals surface area contributed by atoms with E-state index in [9.17, 15) is 0 Å². The van der Waals surface area contributed by atoms with E-state index in [4.69, 9.17) is 51.7 Å². The van der Waals surface area contributed by atoms with Crippen LogP contribution in [0.15, 0.2) is 260 Å². The summed E-state index contributed by atoms with van der Waals surface area (Å²) in [5, 5.41) is 6.76. The summed E-state index contributed by atoms with van der Waals surface area (Å²) >= 11 is 0. The van der Waals surface area contributed by atoms with Gasteiger partial charge in [0, 0.05) is 168 Å². The number of hydrogen-bond acceptors (Lipinski definition) is 10. The third-order valence-electron chi connectivity index (χ3n) is 21.4. The molecule has 15 nitrogen and oxygen atoms in total. The number of furan rings is 5. The van der Waals surface area contributed by atoms with Crippen LogP contribution in [0.2, 0.25) is 0 Å². The normalized spacial score (nSPS) is 15.1. The Morgan fingerprint density at radius 1 is 0.368 bits per heavy atom. The molecular weight excluding hydrogens is 1450 g/mol. The van der Waals surface area contributed by atoms with Gasteiger partial charge < -0.3 is 22.1 Å². The number of rotatable bonds is 8. The molecule has 15 heteroatoms. The van der Waals surface area contributed by atoms with Gasteiger partial charge in [0.1, 0.15) is 79.8 Å². The highest BCUT2D eigenvalue weighted by atomic mass is 16.3. The third kappa shape index (κ3) is 14.9. The van der Waals surface area contributed by atoms with Crippen LogP contribution in [0.25, 0.3) is 166 Å². The van der Waals surface area contributed by atoms with Gasteiger partial charge in [0.05, 0.1) is 34.3 Å². The summed E-state index contributed by atoms with van der Waals surface area (Å²) in [5.41, 5.74) is 25.2. The molecule has 20 rings (SSSR count). The molecule has 0 radical (unpaired) electrons. The molecule has 0 N–H and O–H groups in total. The van der Waals surface area contributed by atoms with Crippen molar-refractivity contribution >= 4 is 110 Å². The van der Waals surface area contributed by atoms with E-state index in [1.54, 1.807) is 84.4 Å². The number of fused-ring (bicyclic) bond motifs is 15. The lowest BCUT2D eigenvalue weighted by molar-refractivity contribution is -0.660. The van der Waals surface area contributed by atoms with E-state index >= 15 is 0 Å². The van der Waals surface area contributed by atoms with Gasteiger partial charge in [0.15, 0.2) is 47.7 Å². The number of para-hydroxylation sites is 1. The van der Waals surface area contributed by atoms with Crippen LogP contribution in [0.4, 0.5) is 0 Å². The lowest BCUT2D eigenvalue weighted by atomic mass is 9.92. The van der Waals surface area contributed by atoms with Crippen molar-refractivity contribution in [2.24, 2.45) is 35.2 Å². The van der Waals surface area contributed by atoms with E-state index in [1.165, 1.54) is 76.7 Å². The zero-order valence-corrected chi connectivity index (χ0v) is 67.5. The smallest absolute Gasteiger partial charge is 0.227 e. The number of benzene rings is 5. The maximum absolute atomic E-state index is 8.83. The number of nitrogens with zero attached hydrogens (tertiary/aromatic N) is 10. The minimum Gasteiger partial charge on any atom is -0.456 e. The molecule has 0 fully saturated rings. The molecule has 0 aliphatic heterocycles. The Morgan fingerprint density at radius 2 is 0.915 bits per heavy atom. The van der Waals surface area contributed by atoms with Crippen LogP contribution >= 0.6 is 0 Å². The second-order valence-corrected chi connectivity index (χ2v) is 30.0. The highest BCUT2D eigenvalue weighted by Gasteiger charge is 2.28. The van der Waals surface area contributed by atoms with E-state index in [1.807, 2.05) is 102 Å². The Balaban J connectivity index is 0.000000124. The third-order valence-corrected chi connectivity index (χ3v) is 21.4. The predicted octanol–water partition coefficient (Wildman–Crippen LogP) is 23.2. The van der Waals surface area contributed by atoms with Gasteiger partial charge in [-0.05, 0) is 223 Å². The van der Waals surface area contributed by atoms with Crippen LogP contribution in [-0.4, -0.2) is 24.9 Å². The molecule has 1 unspecified atom stereocenters.